The van der Waals surface area contributed by atoms with Crippen LogP contribution < -0.4 is 4.74 Å². The number of carbonyl (C=O) groups excluding carboxylic acids is 1. The number of nitrogens with zero attached hydrogens (tertiary/aromatic N) is 3. The summed E-state index contributed by atoms with van der Waals surface area (Å²) < 4.78 is 5.51. The first-order valence-electron chi connectivity index (χ1n) is 8.20. The van der Waals surface area contributed by atoms with Gasteiger partial charge in [-0.15, -0.1) is 0 Å². The largest absolute Gasteiger partial charge is 0.496 e. The van der Waals surface area contributed by atoms with Crippen molar-refractivity contribution in [3.8, 4) is 5.75 Å². The van der Waals surface area contributed by atoms with Gasteiger partial charge >= 0.3 is 0 Å². The van der Waals surface area contributed by atoms with Crippen LogP contribution in [0.25, 0.3) is 0 Å². The molecule has 1 saturated heterocycles. The van der Waals surface area contributed by atoms with Gasteiger partial charge in [-0.1, -0.05) is 24.3 Å². The highest BCUT2D eigenvalue weighted by atomic mass is 16.5. The van der Waals surface area contributed by atoms with E-state index in [4.69, 9.17) is 4.74 Å². The van der Waals surface area contributed by atoms with Crippen molar-refractivity contribution >= 4 is 5.91 Å². The SMILES string of the molecule is COc1ccccc1[C@@H]1CN(Cc2cccnc2)CCN1C(C)=O. The van der Waals surface area contributed by atoms with E-state index in [1.54, 1.807) is 20.2 Å². The summed E-state index contributed by atoms with van der Waals surface area (Å²) in [6.07, 6.45) is 3.68. The van der Waals surface area contributed by atoms with Gasteiger partial charge in [-0.05, 0) is 17.7 Å². The Hall–Kier alpha value is -2.40. The summed E-state index contributed by atoms with van der Waals surface area (Å²) >= 11 is 0. The summed E-state index contributed by atoms with van der Waals surface area (Å²) in [5.41, 5.74) is 2.25. The monoisotopic (exact) mass is 325 g/mol. The number of piperazine rings is 1. The lowest BCUT2D eigenvalue weighted by molar-refractivity contribution is -0.134. The van der Waals surface area contributed by atoms with Crippen LogP contribution in [0.15, 0.2) is 48.8 Å². The average Bonchev–Trinajstić information content (AvgIpc) is 2.62. The highest BCUT2D eigenvalue weighted by molar-refractivity contribution is 5.74. The molecule has 0 N–H and O–H groups in total. The van der Waals surface area contributed by atoms with Crippen LogP contribution in [-0.4, -0.2) is 47.4 Å². The molecule has 1 aromatic heterocycles. The molecule has 0 radical (unpaired) electrons. The zero-order chi connectivity index (χ0) is 16.9. The van der Waals surface area contributed by atoms with Gasteiger partial charge in [-0.25, -0.2) is 0 Å². The molecule has 126 valence electrons. The Bertz CT molecular complexity index is 690. The Kier molecular flexibility index (Phi) is 5.11. The first-order chi connectivity index (χ1) is 11.7. The maximum absolute atomic E-state index is 12.1. The smallest absolute Gasteiger partial charge is 0.220 e. The van der Waals surface area contributed by atoms with Gasteiger partial charge in [0.2, 0.25) is 5.91 Å². The van der Waals surface area contributed by atoms with Crippen molar-refractivity contribution in [1.82, 2.24) is 14.8 Å². The molecule has 0 aliphatic carbocycles. The van der Waals surface area contributed by atoms with Crippen molar-refractivity contribution in [3.05, 3.63) is 59.9 Å². The van der Waals surface area contributed by atoms with Crippen LogP contribution in [0, 0.1) is 0 Å². The quantitative estimate of drug-likeness (QED) is 0.866. The molecule has 2 heterocycles. The minimum absolute atomic E-state index is 0.00377. The number of rotatable bonds is 4. The van der Waals surface area contributed by atoms with E-state index in [2.05, 4.69) is 16.0 Å². The number of hydrogen-bond donors (Lipinski definition) is 0. The summed E-state index contributed by atoms with van der Waals surface area (Å²) in [5, 5.41) is 0. The summed E-state index contributed by atoms with van der Waals surface area (Å²) in [7, 11) is 1.67. The van der Waals surface area contributed by atoms with Crippen molar-refractivity contribution in [2.45, 2.75) is 19.5 Å². The summed E-state index contributed by atoms with van der Waals surface area (Å²) in [6, 6.07) is 12.0. The number of ether oxygens (including phenoxy) is 1. The standard InChI is InChI=1S/C19H23N3O2/c1-15(23)22-11-10-21(13-16-6-5-9-20-12-16)14-18(22)17-7-3-4-8-19(17)24-2/h3-9,12,18H,10-11,13-14H2,1-2H3/t18-/m0/s1. The third kappa shape index (κ3) is 3.57. The lowest BCUT2D eigenvalue weighted by atomic mass is 10.0. The second-order valence-corrected chi connectivity index (χ2v) is 6.07. The molecule has 3 rings (SSSR count). The number of amides is 1. The van der Waals surface area contributed by atoms with Crippen LogP contribution in [0.3, 0.4) is 0 Å². The molecule has 1 aliphatic heterocycles. The molecule has 0 bridgehead atoms. The molecule has 24 heavy (non-hydrogen) atoms. The minimum atomic E-state index is 0.00377. The predicted molar refractivity (Wildman–Crippen MR) is 92.6 cm³/mol. The van der Waals surface area contributed by atoms with Gasteiger partial charge in [-0.3, -0.25) is 14.7 Å². The zero-order valence-corrected chi connectivity index (χ0v) is 14.2. The number of hydrogen-bond acceptors (Lipinski definition) is 4. The first kappa shape index (κ1) is 16.5. The van der Waals surface area contributed by atoms with Gasteiger partial charge in [0.15, 0.2) is 0 Å². The van der Waals surface area contributed by atoms with Gasteiger partial charge in [0.1, 0.15) is 5.75 Å². The van der Waals surface area contributed by atoms with Gasteiger partial charge < -0.3 is 9.64 Å². The molecule has 1 atom stereocenters. The Morgan fingerprint density at radius 3 is 2.79 bits per heavy atom. The zero-order valence-electron chi connectivity index (χ0n) is 14.2. The fourth-order valence-electron chi connectivity index (χ4n) is 3.32. The topological polar surface area (TPSA) is 45.7 Å². The highest BCUT2D eigenvalue weighted by Gasteiger charge is 2.31. The maximum Gasteiger partial charge on any atom is 0.220 e. The van der Waals surface area contributed by atoms with Gasteiger partial charge in [0, 0.05) is 51.1 Å². The van der Waals surface area contributed by atoms with E-state index in [1.807, 2.05) is 41.4 Å². The molecule has 2 aromatic rings. The van der Waals surface area contributed by atoms with E-state index < -0.39 is 0 Å². The van der Waals surface area contributed by atoms with Crippen LogP contribution in [0.5, 0.6) is 5.75 Å². The van der Waals surface area contributed by atoms with E-state index in [-0.39, 0.29) is 11.9 Å². The van der Waals surface area contributed by atoms with E-state index in [0.29, 0.717) is 0 Å². The van der Waals surface area contributed by atoms with Gasteiger partial charge in [-0.2, -0.15) is 0 Å². The fraction of sp³-hybridized carbons (Fsp3) is 0.368. The van der Waals surface area contributed by atoms with Crippen molar-refractivity contribution in [2.24, 2.45) is 0 Å². The van der Waals surface area contributed by atoms with E-state index in [9.17, 15) is 4.79 Å². The maximum atomic E-state index is 12.1. The second-order valence-electron chi connectivity index (χ2n) is 6.07. The number of benzene rings is 1. The molecule has 0 saturated carbocycles. The Morgan fingerprint density at radius 1 is 1.25 bits per heavy atom. The second kappa shape index (κ2) is 7.45. The average molecular weight is 325 g/mol. The number of carbonyl (C=O) groups is 1. The molecule has 0 unspecified atom stereocenters. The minimum Gasteiger partial charge on any atom is -0.496 e. The molecule has 0 spiro atoms. The normalized spacial score (nSPS) is 18.4. The van der Waals surface area contributed by atoms with Crippen LogP contribution >= 0.6 is 0 Å². The molecule has 5 nitrogen and oxygen atoms in total. The molecule has 5 heteroatoms. The van der Waals surface area contributed by atoms with Crippen molar-refractivity contribution in [1.29, 1.82) is 0 Å². The van der Waals surface area contributed by atoms with Crippen LogP contribution in [-0.2, 0) is 11.3 Å². The van der Waals surface area contributed by atoms with Gasteiger partial charge in [0.05, 0.1) is 13.2 Å². The summed E-state index contributed by atoms with van der Waals surface area (Å²) in [6.45, 7) is 4.84. The highest BCUT2D eigenvalue weighted by Crippen LogP contribution is 2.32. The van der Waals surface area contributed by atoms with E-state index in [0.717, 1.165) is 37.5 Å². The molecular weight excluding hydrogens is 302 g/mol. The molecule has 1 aliphatic rings. The Balaban J connectivity index is 1.83. The molecule has 1 aromatic carbocycles. The molecular formula is C19H23N3O2. The molecule has 1 fully saturated rings. The predicted octanol–water partition coefficient (Wildman–Crippen LogP) is 2.50. The van der Waals surface area contributed by atoms with Crippen molar-refractivity contribution < 1.29 is 9.53 Å². The number of pyridine rings is 1. The van der Waals surface area contributed by atoms with Crippen molar-refractivity contribution in [3.63, 3.8) is 0 Å². The van der Waals surface area contributed by atoms with E-state index >= 15 is 0 Å². The number of methoxy groups -OCH3 is 1. The van der Waals surface area contributed by atoms with Crippen LogP contribution in [0.4, 0.5) is 0 Å². The Morgan fingerprint density at radius 2 is 2.08 bits per heavy atom. The Labute approximate surface area is 142 Å². The lowest BCUT2D eigenvalue weighted by Crippen LogP contribution is -2.49. The first-order valence-corrected chi connectivity index (χ1v) is 8.20. The number of aromatic nitrogens is 1. The van der Waals surface area contributed by atoms with Crippen LogP contribution in [0.2, 0.25) is 0 Å². The summed E-state index contributed by atoms with van der Waals surface area (Å²) in [4.78, 5) is 20.6. The fourth-order valence-corrected chi connectivity index (χ4v) is 3.32. The lowest BCUT2D eigenvalue weighted by Gasteiger charge is -2.41. The summed E-state index contributed by atoms with van der Waals surface area (Å²) in [5.74, 6) is 0.934. The van der Waals surface area contributed by atoms with Crippen LogP contribution in [0.1, 0.15) is 24.1 Å². The van der Waals surface area contributed by atoms with Crippen molar-refractivity contribution in [2.75, 3.05) is 26.7 Å². The van der Waals surface area contributed by atoms with Gasteiger partial charge in [0.25, 0.3) is 0 Å². The third-order valence-electron chi connectivity index (χ3n) is 4.50. The van der Waals surface area contributed by atoms with E-state index in [1.165, 1.54) is 5.56 Å². The molecule has 1 amide bonds. The third-order valence-corrected chi connectivity index (χ3v) is 4.50. The number of para-hydroxylation sites is 1.